The van der Waals surface area contributed by atoms with Crippen molar-refractivity contribution in [1.29, 1.82) is 0 Å². The molecular formula is C19H15N5O2. The Balaban J connectivity index is 1.60. The predicted octanol–water partition coefficient (Wildman–Crippen LogP) is 2.33. The van der Waals surface area contributed by atoms with Crippen molar-refractivity contribution >= 4 is 10.9 Å². The van der Waals surface area contributed by atoms with E-state index < -0.39 is 0 Å². The van der Waals surface area contributed by atoms with Gasteiger partial charge in [-0.15, -0.1) is 5.10 Å². The summed E-state index contributed by atoms with van der Waals surface area (Å²) in [6.45, 7) is 0.484. The van der Waals surface area contributed by atoms with Crippen molar-refractivity contribution in [3.8, 4) is 17.1 Å². The number of fused-ring (bicyclic) bond motifs is 1. The van der Waals surface area contributed by atoms with Gasteiger partial charge in [0.05, 0.1) is 11.9 Å². The molecule has 0 fully saturated rings. The van der Waals surface area contributed by atoms with Crippen LogP contribution in [-0.2, 0) is 6.54 Å². The molecule has 7 nitrogen and oxygen atoms in total. The molecule has 0 amide bonds. The molecule has 7 heteroatoms. The highest BCUT2D eigenvalue weighted by molar-refractivity contribution is 5.83. The average Bonchev–Trinajstić information content (AvgIpc) is 2.71. The summed E-state index contributed by atoms with van der Waals surface area (Å²) in [6, 6.07) is 17.5. The van der Waals surface area contributed by atoms with E-state index in [1.807, 2.05) is 48.5 Å². The van der Waals surface area contributed by atoms with E-state index in [1.54, 1.807) is 18.5 Å². The van der Waals surface area contributed by atoms with Crippen molar-refractivity contribution in [2.75, 3.05) is 6.61 Å². The van der Waals surface area contributed by atoms with Gasteiger partial charge in [0, 0.05) is 12.4 Å². The van der Waals surface area contributed by atoms with Crippen molar-refractivity contribution in [2.24, 2.45) is 0 Å². The standard InChI is InChI=1S/C19H15N5O2/c25-18-16-13-15(14-5-2-1-3-6-14)7-8-17(16)22-23-24(18)11-12-26-19-20-9-4-10-21-19/h1-10,13H,11-12H2. The highest BCUT2D eigenvalue weighted by atomic mass is 16.5. The largest absolute Gasteiger partial charge is 0.461 e. The molecule has 0 saturated carbocycles. The fraction of sp³-hybridized carbons (Fsp3) is 0.105. The highest BCUT2D eigenvalue weighted by Crippen LogP contribution is 2.21. The normalized spacial score (nSPS) is 10.8. The molecule has 0 aliphatic rings. The lowest BCUT2D eigenvalue weighted by Gasteiger charge is -2.07. The Labute approximate surface area is 148 Å². The van der Waals surface area contributed by atoms with E-state index in [0.717, 1.165) is 11.1 Å². The molecule has 0 atom stereocenters. The number of ether oxygens (including phenoxy) is 1. The number of rotatable bonds is 5. The number of hydrogen-bond donors (Lipinski definition) is 0. The van der Waals surface area contributed by atoms with Crippen molar-refractivity contribution < 1.29 is 4.74 Å². The molecule has 0 radical (unpaired) electrons. The van der Waals surface area contributed by atoms with Crippen molar-refractivity contribution in [3.05, 3.63) is 77.3 Å². The monoisotopic (exact) mass is 345 g/mol. The summed E-state index contributed by atoms with van der Waals surface area (Å²) in [7, 11) is 0. The van der Waals surface area contributed by atoms with E-state index in [4.69, 9.17) is 4.74 Å². The lowest BCUT2D eigenvalue weighted by Crippen LogP contribution is -2.27. The molecule has 0 unspecified atom stereocenters. The summed E-state index contributed by atoms with van der Waals surface area (Å²) in [6.07, 6.45) is 3.19. The van der Waals surface area contributed by atoms with Gasteiger partial charge in [-0.05, 0) is 29.3 Å². The van der Waals surface area contributed by atoms with Crippen molar-refractivity contribution in [1.82, 2.24) is 25.0 Å². The number of benzene rings is 2. The van der Waals surface area contributed by atoms with Gasteiger partial charge < -0.3 is 4.74 Å². The van der Waals surface area contributed by atoms with Gasteiger partial charge in [0.2, 0.25) is 0 Å². The molecule has 0 N–H and O–H groups in total. The molecule has 26 heavy (non-hydrogen) atoms. The summed E-state index contributed by atoms with van der Waals surface area (Å²) < 4.78 is 6.71. The van der Waals surface area contributed by atoms with Gasteiger partial charge in [0.15, 0.2) is 0 Å². The van der Waals surface area contributed by atoms with E-state index in [0.29, 0.717) is 10.9 Å². The van der Waals surface area contributed by atoms with Crippen molar-refractivity contribution in [2.45, 2.75) is 6.54 Å². The lowest BCUT2D eigenvalue weighted by molar-refractivity contribution is 0.265. The molecule has 2 aromatic heterocycles. The maximum atomic E-state index is 12.7. The predicted molar refractivity (Wildman–Crippen MR) is 96.8 cm³/mol. The number of hydrogen-bond acceptors (Lipinski definition) is 6. The molecule has 0 bridgehead atoms. The van der Waals surface area contributed by atoms with E-state index in [-0.39, 0.29) is 24.7 Å². The summed E-state index contributed by atoms with van der Waals surface area (Å²) >= 11 is 0. The first-order chi connectivity index (χ1) is 12.8. The van der Waals surface area contributed by atoms with E-state index in [2.05, 4.69) is 20.3 Å². The molecule has 128 valence electrons. The maximum Gasteiger partial charge on any atom is 0.316 e. The maximum absolute atomic E-state index is 12.7. The second kappa shape index (κ2) is 7.10. The summed E-state index contributed by atoms with van der Waals surface area (Å²) in [5.74, 6) is 0. The van der Waals surface area contributed by atoms with Gasteiger partial charge in [-0.3, -0.25) is 4.79 Å². The van der Waals surface area contributed by atoms with Crippen LogP contribution in [0, 0.1) is 0 Å². The highest BCUT2D eigenvalue weighted by Gasteiger charge is 2.08. The second-order valence-corrected chi connectivity index (χ2v) is 5.60. The molecule has 0 spiro atoms. The summed E-state index contributed by atoms with van der Waals surface area (Å²) in [5.41, 5.74) is 2.37. The quantitative estimate of drug-likeness (QED) is 0.552. The van der Waals surface area contributed by atoms with Crippen LogP contribution < -0.4 is 10.3 Å². The Morgan fingerprint density at radius 2 is 1.73 bits per heavy atom. The summed E-state index contributed by atoms with van der Waals surface area (Å²) in [5, 5.41) is 8.63. The number of nitrogens with zero attached hydrogens (tertiary/aromatic N) is 5. The van der Waals surface area contributed by atoms with Crippen LogP contribution in [0.3, 0.4) is 0 Å². The first-order valence-corrected chi connectivity index (χ1v) is 8.14. The molecule has 2 aromatic carbocycles. The smallest absolute Gasteiger partial charge is 0.316 e. The minimum absolute atomic E-state index is 0.203. The first-order valence-electron chi connectivity index (χ1n) is 8.14. The summed E-state index contributed by atoms with van der Waals surface area (Å²) in [4.78, 5) is 20.7. The topological polar surface area (TPSA) is 82.8 Å². The van der Waals surface area contributed by atoms with E-state index in [1.165, 1.54) is 4.68 Å². The van der Waals surface area contributed by atoms with Gasteiger partial charge in [-0.2, -0.15) is 0 Å². The zero-order valence-electron chi connectivity index (χ0n) is 13.8. The van der Waals surface area contributed by atoms with E-state index in [9.17, 15) is 4.79 Å². The number of aromatic nitrogens is 5. The first kappa shape index (κ1) is 15.9. The third-order valence-corrected chi connectivity index (χ3v) is 3.91. The molecule has 4 rings (SSSR count). The van der Waals surface area contributed by atoms with Gasteiger partial charge in [0.25, 0.3) is 5.56 Å². The fourth-order valence-corrected chi connectivity index (χ4v) is 2.62. The SMILES string of the molecule is O=c1c2cc(-c3ccccc3)ccc2nnn1CCOc1ncccn1. The lowest BCUT2D eigenvalue weighted by atomic mass is 10.0. The van der Waals surface area contributed by atoms with Gasteiger partial charge in [0.1, 0.15) is 12.1 Å². The van der Waals surface area contributed by atoms with Crippen molar-refractivity contribution in [3.63, 3.8) is 0 Å². The molecule has 0 saturated heterocycles. The molecule has 4 aromatic rings. The fourth-order valence-electron chi connectivity index (χ4n) is 2.62. The van der Waals surface area contributed by atoms with Crippen LogP contribution in [0.15, 0.2) is 71.8 Å². The Morgan fingerprint density at radius 1 is 0.923 bits per heavy atom. The average molecular weight is 345 g/mol. The van der Waals surface area contributed by atoms with Crippen LogP contribution in [0.2, 0.25) is 0 Å². The molecule has 2 heterocycles. The van der Waals surface area contributed by atoms with Gasteiger partial charge in [-0.25, -0.2) is 14.6 Å². The third-order valence-electron chi connectivity index (χ3n) is 3.91. The second-order valence-electron chi connectivity index (χ2n) is 5.60. The van der Waals surface area contributed by atoms with Crippen LogP contribution in [0.25, 0.3) is 22.0 Å². The molecule has 0 aliphatic heterocycles. The van der Waals surface area contributed by atoms with Gasteiger partial charge in [-0.1, -0.05) is 41.6 Å². The zero-order chi connectivity index (χ0) is 17.8. The van der Waals surface area contributed by atoms with Gasteiger partial charge >= 0.3 is 6.01 Å². The van der Waals surface area contributed by atoms with Crippen LogP contribution >= 0.6 is 0 Å². The molecule has 0 aliphatic carbocycles. The minimum Gasteiger partial charge on any atom is -0.461 e. The Morgan fingerprint density at radius 3 is 2.54 bits per heavy atom. The van der Waals surface area contributed by atoms with Crippen LogP contribution in [0.4, 0.5) is 0 Å². The van der Waals surface area contributed by atoms with Crippen LogP contribution in [0.1, 0.15) is 0 Å². The molecular weight excluding hydrogens is 330 g/mol. The Bertz CT molecular complexity index is 1080. The minimum atomic E-state index is -0.203. The van der Waals surface area contributed by atoms with E-state index >= 15 is 0 Å². The third kappa shape index (κ3) is 3.27. The van der Waals surface area contributed by atoms with Crippen LogP contribution in [-0.4, -0.2) is 31.6 Å². The van der Waals surface area contributed by atoms with Crippen LogP contribution in [0.5, 0.6) is 6.01 Å². The zero-order valence-corrected chi connectivity index (χ0v) is 13.8. The Kier molecular flexibility index (Phi) is 4.34. The Hall–Kier alpha value is -3.61.